The van der Waals surface area contributed by atoms with Crippen molar-refractivity contribution in [3.8, 4) is 11.5 Å². The Bertz CT molecular complexity index is 581. The molecule has 0 radical (unpaired) electrons. The fourth-order valence-electron chi connectivity index (χ4n) is 2.46. The van der Waals surface area contributed by atoms with Gasteiger partial charge in [0, 0.05) is 5.56 Å². The van der Waals surface area contributed by atoms with Crippen LogP contribution in [0.25, 0.3) is 6.08 Å². The third kappa shape index (κ3) is 6.63. The van der Waals surface area contributed by atoms with E-state index in [1.165, 1.54) is 11.1 Å². The van der Waals surface area contributed by atoms with Crippen LogP contribution in [0.3, 0.4) is 0 Å². The first-order valence-corrected chi connectivity index (χ1v) is 8.33. The summed E-state index contributed by atoms with van der Waals surface area (Å²) in [7, 11) is 3.34. The molecule has 0 spiro atoms. The monoisotopic (exact) mass is 330 g/mol. The van der Waals surface area contributed by atoms with Gasteiger partial charge in [0.2, 0.25) is 0 Å². The van der Waals surface area contributed by atoms with Crippen molar-refractivity contribution in [2.75, 3.05) is 20.8 Å². The lowest BCUT2D eigenvalue weighted by Crippen LogP contribution is -1.97. The predicted octanol–water partition coefficient (Wildman–Crippen LogP) is 4.94. The van der Waals surface area contributed by atoms with Crippen LogP contribution in [0, 0.1) is 0 Å². The highest BCUT2D eigenvalue weighted by Gasteiger charge is 2.11. The van der Waals surface area contributed by atoms with Crippen LogP contribution in [-0.2, 0) is 6.42 Å². The second kappa shape index (κ2) is 10.7. The van der Waals surface area contributed by atoms with Crippen LogP contribution < -0.4 is 9.47 Å². The van der Waals surface area contributed by atoms with Gasteiger partial charge in [-0.3, -0.25) is 0 Å². The number of methoxy groups -OCH3 is 2. The molecule has 0 aromatic heterocycles. The third-order valence-electron chi connectivity index (χ3n) is 3.79. The number of aliphatic hydroxyl groups is 1. The van der Waals surface area contributed by atoms with Crippen molar-refractivity contribution < 1.29 is 14.6 Å². The van der Waals surface area contributed by atoms with E-state index < -0.39 is 0 Å². The maximum Gasteiger partial charge on any atom is 0.126 e. The summed E-state index contributed by atoms with van der Waals surface area (Å²) < 4.78 is 11.1. The lowest BCUT2D eigenvalue weighted by atomic mass is 10.0. The van der Waals surface area contributed by atoms with Gasteiger partial charge in [-0.25, -0.2) is 0 Å². The van der Waals surface area contributed by atoms with E-state index in [0.29, 0.717) is 0 Å². The second-order valence-corrected chi connectivity index (χ2v) is 6.06. The lowest BCUT2D eigenvalue weighted by Gasteiger charge is -2.14. The van der Waals surface area contributed by atoms with Gasteiger partial charge in [0.25, 0.3) is 0 Å². The average molecular weight is 330 g/mol. The van der Waals surface area contributed by atoms with Crippen molar-refractivity contribution in [3.05, 3.63) is 52.6 Å². The Morgan fingerprint density at radius 1 is 1.04 bits per heavy atom. The smallest absolute Gasteiger partial charge is 0.126 e. The molecule has 0 aliphatic rings. The van der Waals surface area contributed by atoms with Crippen molar-refractivity contribution in [3.63, 3.8) is 0 Å². The number of benzene rings is 1. The molecule has 3 nitrogen and oxygen atoms in total. The number of aliphatic hydroxyl groups excluding tert-OH is 1. The molecule has 3 heteroatoms. The van der Waals surface area contributed by atoms with E-state index in [0.717, 1.165) is 41.9 Å². The molecule has 0 heterocycles. The van der Waals surface area contributed by atoms with E-state index in [2.05, 4.69) is 32.9 Å². The molecule has 1 aromatic carbocycles. The van der Waals surface area contributed by atoms with Crippen LogP contribution in [-0.4, -0.2) is 25.9 Å². The van der Waals surface area contributed by atoms with Crippen molar-refractivity contribution >= 4 is 6.08 Å². The van der Waals surface area contributed by atoms with Gasteiger partial charge < -0.3 is 14.6 Å². The molecule has 132 valence electrons. The Balaban J connectivity index is 2.97. The van der Waals surface area contributed by atoms with Gasteiger partial charge in [-0.15, -0.1) is 0 Å². The topological polar surface area (TPSA) is 38.7 Å². The summed E-state index contributed by atoms with van der Waals surface area (Å²) in [5.41, 5.74) is 4.71. The van der Waals surface area contributed by atoms with E-state index in [1.54, 1.807) is 20.3 Å². The highest BCUT2D eigenvalue weighted by molar-refractivity contribution is 5.59. The number of hydrogen-bond acceptors (Lipinski definition) is 3. The maximum atomic E-state index is 8.92. The van der Waals surface area contributed by atoms with Gasteiger partial charge in [-0.2, -0.15) is 0 Å². The summed E-state index contributed by atoms with van der Waals surface area (Å²) in [6.45, 7) is 6.43. The van der Waals surface area contributed by atoms with Crippen LogP contribution in [0.5, 0.6) is 11.5 Å². The molecule has 24 heavy (non-hydrogen) atoms. The average Bonchev–Trinajstić information content (AvgIpc) is 2.57. The molecule has 0 unspecified atom stereocenters. The molecular weight excluding hydrogens is 300 g/mol. The molecule has 0 saturated heterocycles. The van der Waals surface area contributed by atoms with Crippen molar-refractivity contribution in [2.45, 2.75) is 40.0 Å². The largest absolute Gasteiger partial charge is 0.496 e. The standard InChI is InChI=1S/C21H30O3/c1-16(2)8-6-9-17(3)11-12-19-20(23-4)14-18(10-7-13-22)15-21(19)24-5/h7-8,10-11,14-15,22H,6,9,12-13H2,1-5H3/b10-7?,17-11+. The van der Waals surface area contributed by atoms with E-state index >= 15 is 0 Å². The van der Waals surface area contributed by atoms with Crippen LogP contribution in [0.15, 0.2) is 41.5 Å². The van der Waals surface area contributed by atoms with Crippen molar-refractivity contribution in [2.24, 2.45) is 0 Å². The van der Waals surface area contributed by atoms with Gasteiger partial charge >= 0.3 is 0 Å². The van der Waals surface area contributed by atoms with Crippen LogP contribution in [0.1, 0.15) is 44.7 Å². The first-order valence-electron chi connectivity index (χ1n) is 8.33. The third-order valence-corrected chi connectivity index (χ3v) is 3.79. The van der Waals surface area contributed by atoms with E-state index in [4.69, 9.17) is 14.6 Å². The number of allylic oxidation sites excluding steroid dienone is 4. The molecule has 0 aliphatic heterocycles. The van der Waals surface area contributed by atoms with E-state index in [-0.39, 0.29) is 6.61 Å². The highest BCUT2D eigenvalue weighted by atomic mass is 16.5. The number of ether oxygens (including phenoxy) is 2. The summed E-state index contributed by atoms with van der Waals surface area (Å²) >= 11 is 0. The highest BCUT2D eigenvalue weighted by Crippen LogP contribution is 2.32. The molecule has 1 rings (SSSR count). The predicted molar refractivity (Wildman–Crippen MR) is 102 cm³/mol. The second-order valence-electron chi connectivity index (χ2n) is 6.06. The van der Waals surface area contributed by atoms with E-state index in [1.807, 2.05) is 18.2 Å². The Morgan fingerprint density at radius 2 is 1.67 bits per heavy atom. The van der Waals surface area contributed by atoms with Gasteiger partial charge in [0.1, 0.15) is 11.5 Å². The quantitative estimate of drug-likeness (QED) is 0.651. The summed E-state index contributed by atoms with van der Waals surface area (Å²) in [6.07, 6.45) is 11.0. The van der Waals surface area contributed by atoms with Gasteiger partial charge in [0.15, 0.2) is 0 Å². The fourth-order valence-corrected chi connectivity index (χ4v) is 2.46. The van der Waals surface area contributed by atoms with Crippen LogP contribution >= 0.6 is 0 Å². The Morgan fingerprint density at radius 3 is 2.17 bits per heavy atom. The molecule has 0 fully saturated rings. The molecular formula is C21H30O3. The van der Waals surface area contributed by atoms with Crippen molar-refractivity contribution in [1.82, 2.24) is 0 Å². The Labute approximate surface area is 146 Å². The number of hydrogen-bond donors (Lipinski definition) is 1. The minimum atomic E-state index is 0.0139. The van der Waals surface area contributed by atoms with Crippen LogP contribution in [0.2, 0.25) is 0 Å². The minimum Gasteiger partial charge on any atom is -0.496 e. The van der Waals surface area contributed by atoms with Crippen LogP contribution in [0.4, 0.5) is 0 Å². The summed E-state index contributed by atoms with van der Waals surface area (Å²) in [5, 5.41) is 8.92. The normalized spacial score (nSPS) is 11.7. The summed E-state index contributed by atoms with van der Waals surface area (Å²) in [6, 6.07) is 3.94. The SMILES string of the molecule is COc1cc(C=CCO)cc(OC)c1C/C=C(\C)CCC=C(C)C. The maximum absolute atomic E-state index is 8.92. The molecule has 0 saturated carbocycles. The summed E-state index contributed by atoms with van der Waals surface area (Å²) in [5.74, 6) is 1.61. The molecule has 0 amide bonds. The van der Waals surface area contributed by atoms with Crippen molar-refractivity contribution in [1.29, 1.82) is 0 Å². The molecule has 0 bridgehead atoms. The van der Waals surface area contributed by atoms with Gasteiger partial charge in [-0.05, 0) is 57.7 Å². The lowest BCUT2D eigenvalue weighted by molar-refractivity contribution is 0.343. The summed E-state index contributed by atoms with van der Waals surface area (Å²) in [4.78, 5) is 0. The Kier molecular flexibility index (Phi) is 8.95. The number of rotatable bonds is 9. The molecule has 1 aromatic rings. The fraction of sp³-hybridized carbons (Fsp3) is 0.429. The first kappa shape index (κ1) is 20.0. The van der Waals surface area contributed by atoms with Gasteiger partial charge in [-0.1, -0.05) is 35.5 Å². The first-order chi connectivity index (χ1) is 11.5. The molecule has 0 atom stereocenters. The Hall–Kier alpha value is -2.00. The molecule has 0 aliphatic carbocycles. The molecule has 1 N–H and O–H groups in total. The van der Waals surface area contributed by atoms with Gasteiger partial charge in [0.05, 0.1) is 20.8 Å². The zero-order valence-electron chi connectivity index (χ0n) is 15.6. The zero-order chi connectivity index (χ0) is 17.9. The van der Waals surface area contributed by atoms with E-state index in [9.17, 15) is 0 Å². The zero-order valence-corrected chi connectivity index (χ0v) is 15.6. The minimum absolute atomic E-state index is 0.0139.